The van der Waals surface area contributed by atoms with Gasteiger partial charge in [0.2, 0.25) is 0 Å². The third-order valence-electron chi connectivity index (χ3n) is 2.62. The molecule has 2 N–H and O–H groups in total. The van der Waals surface area contributed by atoms with E-state index in [4.69, 9.17) is 5.11 Å². The van der Waals surface area contributed by atoms with E-state index in [9.17, 15) is 14.9 Å². The Morgan fingerprint density at radius 3 is 2.83 bits per heavy atom. The number of aliphatic carboxylic acids is 1. The molecule has 0 bridgehead atoms. The molecule has 2 rings (SSSR count). The quantitative estimate of drug-likeness (QED) is 0.494. The molecule has 0 spiro atoms. The molecule has 0 unspecified atom stereocenters. The highest BCUT2D eigenvalue weighted by Gasteiger charge is 2.10. The van der Waals surface area contributed by atoms with E-state index in [0.717, 1.165) is 5.52 Å². The summed E-state index contributed by atoms with van der Waals surface area (Å²) in [4.78, 5) is 23.9. The zero-order valence-corrected chi connectivity index (χ0v) is 9.51. The number of nitro benzene ring substituents is 1. The molecular weight excluding hydrogens is 236 g/mol. The fourth-order valence-corrected chi connectivity index (χ4v) is 1.66. The van der Waals surface area contributed by atoms with Gasteiger partial charge in [0.05, 0.1) is 4.92 Å². The van der Waals surface area contributed by atoms with E-state index >= 15 is 0 Å². The van der Waals surface area contributed by atoms with Gasteiger partial charge in [0, 0.05) is 40.4 Å². The SMILES string of the molecule is C/C(=C\c1c[nH]c2ccc([N+](=O)[O-])cc12)C(=O)O. The van der Waals surface area contributed by atoms with Crippen LogP contribution in [0.4, 0.5) is 5.69 Å². The van der Waals surface area contributed by atoms with Gasteiger partial charge in [-0.15, -0.1) is 0 Å². The second-order valence-corrected chi connectivity index (χ2v) is 3.86. The van der Waals surface area contributed by atoms with Crippen LogP contribution in [0.2, 0.25) is 0 Å². The molecule has 0 aliphatic heterocycles. The van der Waals surface area contributed by atoms with Crippen LogP contribution in [0.5, 0.6) is 0 Å². The third-order valence-corrected chi connectivity index (χ3v) is 2.62. The molecular formula is C12H10N2O4. The molecule has 0 atom stereocenters. The number of hydrogen-bond donors (Lipinski definition) is 2. The Balaban J connectivity index is 2.59. The molecule has 1 aromatic heterocycles. The Hall–Kier alpha value is -2.63. The van der Waals surface area contributed by atoms with Crippen molar-refractivity contribution in [1.29, 1.82) is 0 Å². The van der Waals surface area contributed by atoms with Crippen LogP contribution >= 0.6 is 0 Å². The van der Waals surface area contributed by atoms with Crippen LogP contribution in [0, 0.1) is 10.1 Å². The summed E-state index contributed by atoms with van der Waals surface area (Å²) in [5, 5.41) is 20.1. The average molecular weight is 246 g/mol. The summed E-state index contributed by atoms with van der Waals surface area (Å²) in [5.41, 5.74) is 1.49. The van der Waals surface area contributed by atoms with Gasteiger partial charge in [0.15, 0.2) is 0 Å². The molecule has 1 heterocycles. The number of rotatable bonds is 3. The van der Waals surface area contributed by atoms with Crippen molar-refractivity contribution in [3.63, 3.8) is 0 Å². The molecule has 0 saturated heterocycles. The number of carboxylic acid groups (broad SMARTS) is 1. The number of fused-ring (bicyclic) bond motifs is 1. The number of hydrogen-bond acceptors (Lipinski definition) is 3. The molecule has 0 radical (unpaired) electrons. The molecule has 92 valence electrons. The number of nitro groups is 1. The molecule has 6 heteroatoms. The number of aromatic nitrogens is 1. The van der Waals surface area contributed by atoms with Crippen LogP contribution < -0.4 is 0 Å². The molecule has 18 heavy (non-hydrogen) atoms. The molecule has 6 nitrogen and oxygen atoms in total. The number of carbonyl (C=O) groups is 1. The number of H-pyrrole nitrogens is 1. The Morgan fingerprint density at radius 2 is 2.22 bits per heavy atom. The Kier molecular flexibility index (Phi) is 2.85. The summed E-state index contributed by atoms with van der Waals surface area (Å²) in [6, 6.07) is 4.42. The van der Waals surface area contributed by atoms with Gasteiger partial charge in [0.25, 0.3) is 5.69 Å². The minimum absolute atomic E-state index is 0.0234. The number of nitrogens with zero attached hydrogens (tertiary/aromatic N) is 1. The smallest absolute Gasteiger partial charge is 0.331 e. The van der Waals surface area contributed by atoms with E-state index < -0.39 is 10.9 Å². The van der Waals surface area contributed by atoms with Crippen molar-refractivity contribution in [2.75, 3.05) is 0 Å². The first kappa shape index (κ1) is 11.8. The Bertz CT molecular complexity index is 670. The second kappa shape index (κ2) is 4.33. The summed E-state index contributed by atoms with van der Waals surface area (Å²) < 4.78 is 0. The van der Waals surface area contributed by atoms with E-state index in [2.05, 4.69) is 4.98 Å². The second-order valence-electron chi connectivity index (χ2n) is 3.86. The summed E-state index contributed by atoms with van der Waals surface area (Å²) >= 11 is 0. The van der Waals surface area contributed by atoms with Crippen molar-refractivity contribution in [3.8, 4) is 0 Å². The standard InChI is InChI=1S/C12H10N2O4/c1-7(12(15)16)4-8-6-13-11-3-2-9(14(17)18)5-10(8)11/h2-6,13H,1H3,(H,15,16)/b7-4+. The maximum Gasteiger partial charge on any atom is 0.331 e. The predicted octanol–water partition coefficient (Wildman–Crippen LogP) is 2.56. The van der Waals surface area contributed by atoms with Gasteiger partial charge in [0.1, 0.15) is 0 Å². The summed E-state index contributed by atoms with van der Waals surface area (Å²) in [7, 11) is 0. The zero-order valence-electron chi connectivity index (χ0n) is 9.51. The summed E-state index contributed by atoms with van der Waals surface area (Å²) in [6.45, 7) is 1.47. The van der Waals surface area contributed by atoms with Gasteiger partial charge >= 0.3 is 5.97 Å². The van der Waals surface area contributed by atoms with Crippen molar-refractivity contribution < 1.29 is 14.8 Å². The fourth-order valence-electron chi connectivity index (χ4n) is 1.66. The van der Waals surface area contributed by atoms with Crippen molar-refractivity contribution in [2.24, 2.45) is 0 Å². The van der Waals surface area contributed by atoms with Crippen molar-refractivity contribution in [1.82, 2.24) is 4.98 Å². The van der Waals surface area contributed by atoms with E-state index in [1.165, 1.54) is 25.1 Å². The van der Waals surface area contributed by atoms with E-state index in [-0.39, 0.29) is 11.3 Å². The van der Waals surface area contributed by atoms with Crippen molar-refractivity contribution in [3.05, 3.63) is 45.6 Å². The molecule has 0 fully saturated rings. The lowest BCUT2D eigenvalue weighted by Gasteiger charge is -1.95. The molecule has 2 aromatic rings. The topological polar surface area (TPSA) is 96.2 Å². The lowest BCUT2D eigenvalue weighted by Crippen LogP contribution is -1.95. The highest BCUT2D eigenvalue weighted by atomic mass is 16.6. The molecule has 0 amide bonds. The van der Waals surface area contributed by atoms with Gasteiger partial charge in [-0.1, -0.05) is 0 Å². The van der Waals surface area contributed by atoms with Crippen molar-refractivity contribution >= 4 is 28.6 Å². The summed E-state index contributed by atoms with van der Waals surface area (Å²) in [5.74, 6) is -1.02. The molecule has 0 saturated carbocycles. The normalized spacial score (nSPS) is 11.7. The third kappa shape index (κ3) is 2.08. The minimum Gasteiger partial charge on any atom is -0.478 e. The van der Waals surface area contributed by atoms with E-state index in [1.807, 2.05) is 0 Å². The lowest BCUT2D eigenvalue weighted by molar-refractivity contribution is -0.384. The minimum atomic E-state index is -1.02. The highest BCUT2D eigenvalue weighted by Crippen LogP contribution is 2.25. The average Bonchev–Trinajstić information content (AvgIpc) is 2.71. The van der Waals surface area contributed by atoms with Crippen LogP contribution in [0.3, 0.4) is 0 Å². The zero-order chi connectivity index (χ0) is 13.3. The first-order valence-corrected chi connectivity index (χ1v) is 5.16. The molecule has 0 aliphatic carbocycles. The van der Waals surface area contributed by atoms with E-state index in [0.29, 0.717) is 10.9 Å². The Morgan fingerprint density at radius 1 is 1.50 bits per heavy atom. The van der Waals surface area contributed by atoms with Crippen LogP contribution in [-0.2, 0) is 4.79 Å². The van der Waals surface area contributed by atoms with Gasteiger partial charge in [-0.25, -0.2) is 4.79 Å². The first-order chi connectivity index (χ1) is 8.49. The van der Waals surface area contributed by atoms with Gasteiger partial charge in [-0.2, -0.15) is 0 Å². The van der Waals surface area contributed by atoms with Crippen LogP contribution in [0.1, 0.15) is 12.5 Å². The summed E-state index contributed by atoms with van der Waals surface area (Å²) in [6.07, 6.45) is 3.10. The largest absolute Gasteiger partial charge is 0.478 e. The maximum absolute atomic E-state index is 10.8. The highest BCUT2D eigenvalue weighted by molar-refractivity contribution is 5.97. The fraction of sp³-hybridized carbons (Fsp3) is 0.0833. The number of non-ortho nitro benzene ring substituents is 1. The van der Waals surface area contributed by atoms with Crippen LogP contribution in [0.15, 0.2) is 30.0 Å². The van der Waals surface area contributed by atoms with Crippen molar-refractivity contribution in [2.45, 2.75) is 6.92 Å². The number of benzene rings is 1. The Labute approximate surface area is 102 Å². The van der Waals surface area contributed by atoms with Crippen LogP contribution in [0.25, 0.3) is 17.0 Å². The molecule has 0 aliphatic rings. The van der Waals surface area contributed by atoms with E-state index in [1.54, 1.807) is 12.3 Å². The number of aromatic amines is 1. The molecule has 1 aromatic carbocycles. The van der Waals surface area contributed by atoms with Gasteiger partial charge < -0.3 is 10.1 Å². The first-order valence-electron chi connectivity index (χ1n) is 5.16. The number of nitrogens with one attached hydrogen (secondary N) is 1. The lowest BCUT2D eigenvalue weighted by atomic mass is 10.1. The van der Waals surface area contributed by atoms with Gasteiger partial charge in [-0.05, 0) is 19.1 Å². The number of carboxylic acids is 1. The van der Waals surface area contributed by atoms with Crippen LogP contribution in [-0.4, -0.2) is 21.0 Å². The van der Waals surface area contributed by atoms with Gasteiger partial charge in [-0.3, -0.25) is 10.1 Å². The predicted molar refractivity (Wildman–Crippen MR) is 66.2 cm³/mol. The monoisotopic (exact) mass is 246 g/mol. The maximum atomic E-state index is 10.8.